The SMILES string of the molecule is O=C(NN=Cc1ccc(OC(=O)c2cccc(Br)c2)cc1)c1ccc([N+](=O)[O-])cc1. The molecule has 3 aromatic carbocycles. The van der Waals surface area contributed by atoms with Gasteiger partial charge in [-0.2, -0.15) is 5.10 Å². The maximum Gasteiger partial charge on any atom is 0.343 e. The lowest BCUT2D eigenvalue weighted by Crippen LogP contribution is -2.17. The van der Waals surface area contributed by atoms with Crippen LogP contribution in [0.1, 0.15) is 26.3 Å². The minimum absolute atomic E-state index is 0.101. The van der Waals surface area contributed by atoms with Crippen molar-refractivity contribution < 1.29 is 19.2 Å². The highest BCUT2D eigenvalue weighted by Crippen LogP contribution is 2.16. The fraction of sp³-hybridized carbons (Fsp3) is 0. The van der Waals surface area contributed by atoms with Crippen molar-refractivity contribution in [3.63, 3.8) is 0 Å². The van der Waals surface area contributed by atoms with Crippen LogP contribution in [0, 0.1) is 10.1 Å². The number of rotatable bonds is 6. The number of nitrogens with one attached hydrogen (secondary N) is 1. The smallest absolute Gasteiger partial charge is 0.343 e. The number of benzene rings is 3. The van der Waals surface area contributed by atoms with Gasteiger partial charge in [-0.25, -0.2) is 10.2 Å². The van der Waals surface area contributed by atoms with Gasteiger partial charge in [-0.05, 0) is 60.2 Å². The first-order valence-electron chi connectivity index (χ1n) is 8.58. The summed E-state index contributed by atoms with van der Waals surface area (Å²) in [6.45, 7) is 0. The Balaban J connectivity index is 1.56. The highest BCUT2D eigenvalue weighted by molar-refractivity contribution is 9.10. The first-order chi connectivity index (χ1) is 14.4. The van der Waals surface area contributed by atoms with Crippen LogP contribution in [0.25, 0.3) is 0 Å². The van der Waals surface area contributed by atoms with Crippen molar-refractivity contribution in [1.82, 2.24) is 5.43 Å². The predicted molar refractivity (Wildman–Crippen MR) is 114 cm³/mol. The maximum absolute atomic E-state index is 12.1. The normalized spacial score (nSPS) is 10.6. The number of carbonyl (C=O) groups is 2. The van der Waals surface area contributed by atoms with E-state index in [4.69, 9.17) is 4.74 Å². The second-order valence-corrected chi connectivity index (χ2v) is 6.89. The van der Waals surface area contributed by atoms with E-state index < -0.39 is 16.8 Å². The molecule has 1 N–H and O–H groups in total. The molecule has 0 heterocycles. The van der Waals surface area contributed by atoms with E-state index >= 15 is 0 Å². The fourth-order valence-corrected chi connectivity index (χ4v) is 2.77. The Labute approximate surface area is 179 Å². The Morgan fingerprint density at radius 2 is 1.70 bits per heavy atom. The van der Waals surface area contributed by atoms with Gasteiger partial charge in [-0.1, -0.05) is 22.0 Å². The standard InChI is InChI=1S/C21H14BrN3O5/c22-17-3-1-2-16(12-17)21(27)30-19-10-4-14(5-11-19)13-23-24-20(26)15-6-8-18(9-7-15)25(28)29/h1-13H,(H,24,26). The average Bonchev–Trinajstić information content (AvgIpc) is 2.75. The summed E-state index contributed by atoms with van der Waals surface area (Å²) >= 11 is 3.30. The van der Waals surface area contributed by atoms with Crippen LogP contribution in [-0.2, 0) is 0 Å². The van der Waals surface area contributed by atoms with Gasteiger partial charge in [0.1, 0.15) is 5.75 Å². The van der Waals surface area contributed by atoms with Gasteiger partial charge in [-0.15, -0.1) is 0 Å². The molecule has 8 nitrogen and oxygen atoms in total. The van der Waals surface area contributed by atoms with Crippen LogP contribution in [0.2, 0.25) is 0 Å². The van der Waals surface area contributed by atoms with Crippen molar-refractivity contribution in [2.24, 2.45) is 5.10 Å². The van der Waals surface area contributed by atoms with Crippen LogP contribution in [0.5, 0.6) is 5.75 Å². The molecule has 0 aliphatic carbocycles. The molecular formula is C21H14BrN3O5. The molecule has 0 unspecified atom stereocenters. The lowest BCUT2D eigenvalue weighted by molar-refractivity contribution is -0.384. The van der Waals surface area contributed by atoms with Crippen LogP contribution < -0.4 is 10.2 Å². The van der Waals surface area contributed by atoms with Gasteiger partial charge < -0.3 is 4.74 Å². The molecule has 0 spiro atoms. The van der Waals surface area contributed by atoms with Gasteiger partial charge in [0.15, 0.2) is 0 Å². The number of non-ortho nitro benzene ring substituents is 1. The molecule has 9 heteroatoms. The molecular weight excluding hydrogens is 454 g/mol. The summed E-state index contributed by atoms with van der Waals surface area (Å²) in [4.78, 5) is 34.2. The molecule has 0 aromatic heterocycles. The summed E-state index contributed by atoms with van der Waals surface area (Å²) in [5, 5.41) is 14.5. The summed E-state index contributed by atoms with van der Waals surface area (Å²) in [7, 11) is 0. The van der Waals surface area contributed by atoms with Crippen LogP contribution in [0.4, 0.5) is 5.69 Å². The van der Waals surface area contributed by atoms with Crippen LogP contribution in [-0.4, -0.2) is 23.0 Å². The Bertz CT molecular complexity index is 1110. The topological polar surface area (TPSA) is 111 Å². The van der Waals surface area contributed by atoms with Crippen molar-refractivity contribution in [2.45, 2.75) is 0 Å². The van der Waals surface area contributed by atoms with E-state index in [1.807, 2.05) is 6.07 Å². The largest absolute Gasteiger partial charge is 0.423 e. The number of halogens is 1. The molecule has 30 heavy (non-hydrogen) atoms. The molecule has 0 fully saturated rings. The third kappa shape index (κ3) is 5.58. The molecule has 150 valence electrons. The molecule has 0 saturated carbocycles. The zero-order chi connectivity index (χ0) is 21.5. The van der Waals surface area contributed by atoms with Crippen LogP contribution >= 0.6 is 15.9 Å². The molecule has 0 aliphatic rings. The zero-order valence-electron chi connectivity index (χ0n) is 15.3. The van der Waals surface area contributed by atoms with E-state index in [-0.39, 0.29) is 11.3 Å². The summed E-state index contributed by atoms with van der Waals surface area (Å²) in [5.41, 5.74) is 3.57. The quantitative estimate of drug-likeness (QED) is 0.190. The number of esters is 1. The van der Waals surface area contributed by atoms with Gasteiger partial charge in [0.2, 0.25) is 0 Å². The highest BCUT2D eigenvalue weighted by atomic mass is 79.9. The minimum atomic E-state index is -0.542. The Hall–Kier alpha value is -3.85. The summed E-state index contributed by atoms with van der Waals surface area (Å²) in [6.07, 6.45) is 1.42. The summed E-state index contributed by atoms with van der Waals surface area (Å²) in [6, 6.07) is 18.6. The molecule has 0 radical (unpaired) electrons. The molecule has 1 amide bonds. The Morgan fingerprint density at radius 1 is 1.00 bits per heavy atom. The first-order valence-corrected chi connectivity index (χ1v) is 9.37. The van der Waals surface area contributed by atoms with E-state index in [9.17, 15) is 19.7 Å². The summed E-state index contributed by atoms with van der Waals surface area (Å²) in [5.74, 6) is -0.610. The van der Waals surface area contributed by atoms with Gasteiger partial charge >= 0.3 is 5.97 Å². The molecule has 3 rings (SSSR count). The first kappa shape index (κ1) is 20.9. The number of hydrogen-bond acceptors (Lipinski definition) is 6. The lowest BCUT2D eigenvalue weighted by atomic mass is 10.2. The number of carbonyl (C=O) groups excluding carboxylic acids is 2. The molecule has 0 saturated heterocycles. The van der Waals surface area contributed by atoms with Crippen molar-refractivity contribution in [3.8, 4) is 5.75 Å². The number of nitro benzene ring substituents is 1. The Morgan fingerprint density at radius 3 is 2.33 bits per heavy atom. The second kappa shape index (κ2) is 9.57. The third-order valence-electron chi connectivity index (χ3n) is 3.87. The zero-order valence-corrected chi connectivity index (χ0v) is 16.9. The molecule has 3 aromatic rings. The maximum atomic E-state index is 12.1. The van der Waals surface area contributed by atoms with Gasteiger partial charge in [0.25, 0.3) is 11.6 Å². The second-order valence-electron chi connectivity index (χ2n) is 5.97. The van der Waals surface area contributed by atoms with E-state index in [0.29, 0.717) is 16.9 Å². The number of nitrogens with zero attached hydrogens (tertiary/aromatic N) is 2. The number of nitro groups is 1. The van der Waals surface area contributed by atoms with E-state index in [1.165, 1.54) is 30.5 Å². The fourth-order valence-electron chi connectivity index (χ4n) is 2.37. The van der Waals surface area contributed by atoms with Gasteiger partial charge in [0.05, 0.1) is 16.7 Å². The van der Waals surface area contributed by atoms with E-state index in [0.717, 1.165) is 4.47 Å². The highest BCUT2D eigenvalue weighted by Gasteiger charge is 2.10. The van der Waals surface area contributed by atoms with Gasteiger partial charge in [-0.3, -0.25) is 14.9 Å². The monoisotopic (exact) mass is 467 g/mol. The number of hydrazone groups is 1. The van der Waals surface area contributed by atoms with Crippen molar-refractivity contribution in [3.05, 3.63) is 104 Å². The molecule has 0 bridgehead atoms. The summed E-state index contributed by atoms with van der Waals surface area (Å²) < 4.78 is 6.09. The molecule has 0 atom stereocenters. The van der Waals surface area contributed by atoms with Crippen molar-refractivity contribution >= 4 is 39.7 Å². The lowest BCUT2D eigenvalue weighted by Gasteiger charge is -2.05. The van der Waals surface area contributed by atoms with E-state index in [1.54, 1.807) is 42.5 Å². The number of hydrogen-bond donors (Lipinski definition) is 1. The van der Waals surface area contributed by atoms with Crippen LogP contribution in [0.3, 0.4) is 0 Å². The van der Waals surface area contributed by atoms with Crippen molar-refractivity contribution in [1.29, 1.82) is 0 Å². The third-order valence-corrected chi connectivity index (χ3v) is 4.36. The van der Waals surface area contributed by atoms with Crippen LogP contribution in [0.15, 0.2) is 82.4 Å². The number of ether oxygens (including phenoxy) is 1. The van der Waals surface area contributed by atoms with E-state index in [2.05, 4.69) is 26.5 Å². The predicted octanol–water partition coefficient (Wildman–Crippen LogP) is 4.34. The average molecular weight is 468 g/mol. The number of amides is 1. The van der Waals surface area contributed by atoms with Crippen molar-refractivity contribution in [2.75, 3.05) is 0 Å². The van der Waals surface area contributed by atoms with Gasteiger partial charge in [0, 0.05) is 22.2 Å². The Kier molecular flexibility index (Phi) is 6.66. The minimum Gasteiger partial charge on any atom is -0.423 e. The molecule has 0 aliphatic heterocycles.